The average molecular weight is 354 g/mol. The van der Waals surface area contributed by atoms with Gasteiger partial charge in [-0.05, 0) is 42.5 Å². The van der Waals surface area contributed by atoms with Crippen LogP contribution in [-0.4, -0.2) is 23.7 Å². The molecule has 0 heterocycles. The number of non-ortho nitro benzene ring substituents is 1. The number of fused-ring (bicyclic) bond motifs is 1. The molecular formula is C19H18N2O5. The fourth-order valence-corrected chi connectivity index (χ4v) is 2.89. The van der Waals surface area contributed by atoms with E-state index in [1.807, 2.05) is 18.2 Å². The lowest BCUT2D eigenvalue weighted by molar-refractivity contribution is -0.384. The van der Waals surface area contributed by atoms with Crippen LogP contribution in [0.4, 0.5) is 5.69 Å². The third-order valence-electron chi connectivity index (χ3n) is 4.24. The van der Waals surface area contributed by atoms with E-state index in [1.165, 1.54) is 24.3 Å². The minimum absolute atomic E-state index is 0.000256. The van der Waals surface area contributed by atoms with E-state index < -0.39 is 10.9 Å². The normalized spacial score (nSPS) is 14.6. The molecule has 26 heavy (non-hydrogen) atoms. The van der Waals surface area contributed by atoms with Crippen LogP contribution in [0.3, 0.4) is 0 Å². The van der Waals surface area contributed by atoms with E-state index in [0.717, 1.165) is 41.9 Å². The summed E-state index contributed by atoms with van der Waals surface area (Å²) in [5.41, 5.74) is 3.43. The lowest BCUT2D eigenvalue weighted by Gasteiger charge is -2.18. The second-order valence-corrected chi connectivity index (χ2v) is 5.98. The minimum Gasteiger partial charge on any atom is -0.497 e. The van der Waals surface area contributed by atoms with E-state index in [9.17, 15) is 14.9 Å². The van der Waals surface area contributed by atoms with E-state index in [0.29, 0.717) is 5.56 Å². The molecule has 0 aliphatic heterocycles. The number of rotatable bonds is 5. The molecule has 0 amide bonds. The second kappa shape index (κ2) is 7.77. The Bertz CT molecular complexity index is 859. The molecule has 134 valence electrons. The summed E-state index contributed by atoms with van der Waals surface area (Å²) >= 11 is 0. The Hall–Kier alpha value is -3.22. The van der Waals surface area contributed by atoms with Gasteiger partial charge >= 0.3 is 5.97 Å². The maximum absolute atomic E-state index is 12.0. The maximum atomic E-state index is 12.0. The van der Waals surface area contributed by atoms with Gasteiger partial charge in [0.05, 0.1) is 24.2 Å². The number of carbonyl (C=O) groups excluding carboxylic acids is 1. The SMILES string of the molecule is COc1ccc2c(c1)/C(=N/OC(=O)Cc1ccc([N+](=O)[O-])cc1)CCC2. The molecule has 0 atom stereocenters. The lowest BCUT2D eigenvalue weighted by Crippen LogP contribution is -2.14. The highest BCUT2D eigenvalue weighted by Crippen LogP contribution is 2.26. The van der Waals surface area contributed by atoms with E-state index in [-0.39, 0.29) is 12.1 Å². The van der Waals surface area contributed by atoms with Crippen LogP contribution in [0.2, 0.25) is 0 Å². The van der Waals surface area contributed by atoms with E-state index in [2.05, 4.69) is 5.16 Å². The molecule has 0 radical (unpaired) electrons. The Morgan fingerprint density at radius 3 is 2.65 bits per heavy atom. The molecule has 0 spiro atoms. The fourth-order valence-electron chi connectivity index (χ4n) is 2.89. The number of nitro benzene ring substituents is 1. The quantitative estimate of drug-likeness (QED) is 0.466. The first kappa shape index (κ1) is 17.6. The number of hydrogen-bond donors (Lipinski definition) is 0. The van der Waals surface area contributed by atoms with E-state index >= 15 is 0 Å². The minimum atomic E-state index is -0.513. The third-order valence-corrected chi connectivity index (χ3v) is 4.24. The van der Waals surface area contributed by atoms with Crippen molar-refractivity contribution in [3.8, 4) is 5.75 Å². The Morgan fingerprint density at radius 1 is 1.19 bits per heavy atom. The Balaban J connectivity index is 1.68. The van der Waals surface area contributed by atoms with Gasteiger partial charge in [0.25, 0.3) is 5.69 Å². The van der Waals surface area contributed by atoms with Gasteiger partial charge in [-0.2, -0.15) is 0 Å². The number of nitrogens with zero attached hydrogens (tertiary/aromatic N) is 2. The summed E-state index contributed by atoms with van der Waals surface area (Å²) in [5.74, 6) is 0.219. The largest absolute Gasteiger partial charge is 0.497 e. The fraction of sp³-hybridized carbons (Fsp3) is 0.263. The van der Waals surface area contributed by atoms with Gasteiger partial charge in [-0.1, -0.05) is 23.4 Å². The number of carbonyl (C=O) groups is 1. The van der Waals surface area contributed by atoms with Gasteiger partial charge in [0.15, 0.2) is 0 Å². The molecule has 0 N–H and O–H groups in total. The van der Waals surface area contributed by atoms with Crippen molar-refractivity contribution in [2.24, 2.45) is 5.16 Å². The van der Waals surface area contributed by atoms with Crippen LogP contribution < -0.4 is 4.74 Å². The molecule has 0 fully saturated rings. The zero-order valence-electron chi connectivity index (χ0n) is 14.3. The first-order chi connectivity index (χ1) is 12.6. The van der Waals surface area contributed by atoms with Gasteiger partial charge < -0.3 is 9.57 Å². The van der Waals surface area contributed by atoms with Crippen LogP contribution in [0.25, 0.3) is 0 Å². The summed E-state index contributed by atoms with van der Waals surface area (Å²) in [6.07, 6.45) is 2.62. The van der Waals surface area contributed by atoms with Gasteiger partial charge in [-0.15, -0.1) is 0 Å². The Labute approximate surface area is 150 Å². The van der Waals surface area contributed by atoms with Gasteiger partial charge in [-0.25, -0.2) is 4.79 Å². The number of hydrogen-bond acceptors (Lipinski definition) is 6. The number of benzene rings is 2. The molecule has 0 unspecified atom stereocenters. The lowest BCUT2D eigenvalue weighted by atomic mass is 9.90. The Kier molecular flexibility index (Phi) is 5.26. The molecule has 1 aliphatic rings. The van der Waals surface area contributed by atoms with Crippen molar-refractivity contribution in [2.75, 3.05) is 7.11 Å². The van der Waals surface area contributed by atoms with Crippen molar-refractivity contribution < 1.29 is 19.3 Å². The molecule has 2 aromatic rings. The molecule has 7 nitrogen and oxygen atoms in total. The summed E-state index contributed by atoms with van der Waals surface area (Å²) in [5, 5.41) is 14.7. The molecule has 0 aromatic heterocycles. The summed E-state index contributed by atoms with van der Waals surface area (Å²) in [6.45, 7) is 0. The number of oxime groups is 1. The van der Waals surface area contributed by atoms with Gasteiger partial charge in [0, 0.05) is 17.7 Å². The van der Waals surface area contributed by atoms with Crippen molar-refractivity contribution in [1.82, 2.24) is 0 Å². The maximum Gasteiger partial charge on any atom is 0.339 e. The molecule has 0 saturated carbocycles. The molecule has 7 heteroatoms. The summed E-state index contributed by atoms with van der Waals surface area (Å²) in [4.78, 5) is 27.3. The number of methoxy groups -OCH3 is 1. The molecule has 1 aliphatic carbocycles. The predicted molar refractivity (Wildman–Crippen MR) is 95.4 cm³/mol. The third kappa shape index (κ3) is 4.05. The smallest absolute Gasteiger partial charge is 0.339 e. The molecule has 2 aromatic carbocycles. The average Bonchev–Trinajstić information content (AvgIpc) is 2.66. The van der Waals surface area contributed by atoms with Crippen LogP contribution in [-0.2, 0) is 22.5 Å². The second-order valence-electron chi connectivity index (χ2n) is 5.98. The van der Waals surface area contributed by atoms with Crippen molar-refractivity contribution in [3.05, 3.63) is 69.3 Å². The molecule has 3 rings (SSSR count). The van der Waals surface area contributed by atoms with Crippen molar-refractivity contribution in [3.63, 3.8) is 0 Å². The summed E-state index contributed by atoms with van der Waals surface area (Å²) in [6, 6.07) is 11.6. The number of ether oxygens (including phenoxy) is 1. The van der Waals surface area contributed by atoms with Crippen LogP contribution in [0.5, 0.6) is 5.75 Å². The number of aryl methyl sites for hydroxylation is 1. The van der Waals surface area contributed by atoms with E-state index in [1.54, 1.807) is 7.11 Å². The summed E-state index contributed by atoms with van der Waals surface area (Å²) in [7, 11) is 1.60. The van der Waals surface area contributed by atoms with Crippen molar-refractivity contribution in [1.29, 1.82) is 0 Å². The van der Waals surface area contributed by atoms with Crippen molar-refractivity contribution >= 4 is 17.4 Å². The predicted octanol–water partition coefficient (Wildman–Crippen LogP) is 3.43. The highest BCUT2D eigenvalue weighted by Gasteiger charge is 2.18. The number of nitro groups is 1. The first-order valence-electron chi connectivity index (χ1n) is 8.24. The topological polar surface area (TPSA) is 91.0 Å². The monoisotopic (exact) mass is 354 g/mol. The van der Waals surface area contributed by atoms with E-state index in [4.69, 9.17) is 9.57 Å². The molecule has 0 bridgehead atoms. The van der Waals surface area contributed by atoms with Crippen LogP contribution in [0.1, 0.15) is 29.5 Å². The molecule has 0 saturated heterocycles. The van der Waals surface area contributed by atoms with Gasteiger partial charge in [-0.3, -0.25) is 10.1 Å². The van der Waals surface area contributed by atoms with Crippen LogP contribution in [0.15, 0.2) is 47.6 Å². The van der Waals surface area contributed by atoms with Gasteiger partial charge in [0.1, 0.15) is 5.75 Å². The zero-order valence-corrected chi connectivity index (χ0v) is 14.3. The zero-order chi connectivity index (χ0) is 18.5. The van der Waals surface area contributed by atoms with Crippen molar-refractivity contribution in [2.45, 2.75) is 25.7 Å². The summed E-state index contributed by atoms with van der Waals surface area (Å²) < 4.78 is 5.25. The molecular weight excluding hydrogens is 336 g/mol. The highest BCUT2D eigenvalue weighted by atomic mass is 16.7. The standard InChI is InChI=1S/C19H18N2O5/c1-25-16-10-7-14-3-2-4-18(17(14)12-16)20-26-19(22)11-13-5-8-15(9-6-13)21(23)24/h5-10,12H,2-4,11H2,1H3/b20-18+. The van der Waals surface area contributed by atoms with Crippen LogP contribution >= 0.6 is 0 Å². The highest BCUT2D eigenvalue weighted by molar-refractivity contribution is 6.03. The van der Waals surface area contributed by atoms with Gasteiger partial charge in [0.2, 0.25) is 0 Å². The Morgan fingerprint density at radius 2 is 1.96 bits per heavy atom. The van der Waals surface area contributed by atoms with Crippen LogP contribution in [0, 0.1) is 10.1 Å². The first-order valence-corrected chi connectivity index (χ1v) is 8.24.